The standard InChI is InChI=1S/C11H11ClN2O3S/c1-3-17-11(16)8-5(2)7-9(15)13-6(4-12)14-10(7)18-8/h3-4H2,1-2H3,(H,13,14,15). The molecule has 2 aromatic rings. The third-order valence-corrected chi connectivity index (χ3v) is 3.86. The maximum Gasteiger partial charge on any atom is 0.348 e. The van der Waals surface area contributed by atoms with E-state index in [1.165, 1.54) is 0 Å². The van der Waals surface area contributed by atoms with Crippen LogP contribution in [0.5, 0.6) is 0 Å². The van der Waals surface area contributed by atoms with E-state index in [0.717, 1.165) is 11.3 Å². The van der Waals surface area contributed by atoms with Gasteiger partial charge in [0.25, 0.3) is 5.56 Å². The number of thiophene rings is 1. The molecule has 18 heavy (non-hydrogen) atoms. The second kappa shape index (κ2) is 5.07. The lowest BCUT2D eigenvalue weighted by Gasteiger charge is -1.98. The Labute approximate surface area is 112 Å². The van der Waals surface area contributed by atoms with Gasteiger partial charge >= 0.3 is 5.97 Å². The zero-order chi connectivity index (χ0) is 13.3. The topological polar surface area (TPSA) is 72.0 Å². The lowest BCUT2D eigenvalue weighted by molar-refractivity contribution is 0.0531. The quantitative estimate of drug-likeness (QED) is 0.693. The number of fused-ring (bicyclic) bond motifs is 1. The van der Waals surface area contributed by atoms with Gasteiger partial charge in [0, 0.05) is 0 Å². The van der Waals surface area contributed by atoms with E-state index in [1.54, 1.807) is 13.8 Å². The van der Waals surface area contributed by atoms with Crippen molar-refractivity contribution in [3.63, 3.8) is 0 Å². The fraction of sp³-hybridized carbons (Fsp3) is 0.364. The molecule has 0 bridgehead atoms. The Bertz CT molecular complexity index is 662. The van der Waals surface area contributed by atoms with Crippen molar-refractivity contribution >= 4 is 39.1 Å². The first-order chi connectivity index (χ1) is 8.58. The first-order valence-corrected chi connectivity index (χ1v) is 6.69. The van der Waals surface area contributed by atoms with Crippen LogP contribution in [0.3, 0.4) is 0 Å². The van der Waals surface area contributed by atoms with Gasteiger partial charge in [0.1, 0.15) is 15.5 Å². The second-order valence-corrected chi connectivity index (χ2v) is 4.87. The Morgan fingerprint density at radius 1 is 1.56 bits per heavy atom. The molecule has 0 saturated heterocycles. The molecule has 7 heteroatoms. The Morgan fingerprint density at radius 2 is 2.28 bits per heavy atom. The second-order valence-electron chi connectivity index (χ2n) is 3.60. The van der Waals surface area contributed by atoms with Crippen LogP contribution in [0.25, 0.3) is 10.2 Å². The molecule has 5 nitrogen and oxygen atoms in total. The molecule has 96 valence electrons. The summed E-state index contributed by atoms with van der Waals surface area (Å²) >= 11 is 6.79. The number of hydrogen-bond donors (Lipinski definition) is 1. The molecule has 0 aliphatic carbocycles. The van der Waals surface area contributed by atoms with Crippen LogP contribution >= 0.6 is 22.9 Å². The zero-order valence-electron chi connectivity index (χ0n) is 9.87. The minimum atomic E-state index is -0.426. The summed E-state index contributed by atoms with van der Waals surface area (Å²) in [6, 6.07) is 0. The van der Waals surface area contributed by atoms with Gasteiger partial charge in [-0.25, -0.2) is 9.78 Å². The van der Waals surface area contributed by atoms with Gasteiger partial charge in [0.2, 0.25) is 0 Å². The number of carbonyl (C=O) groups excluding carboxylic acids is 1. The predicted octanol–water partition coefficient (Wildman–Crippen LogP) is 2.21. The number of halogens is 1. The Hall–Kier alpha value is -1.40. The van der Waals surface area contributed by atoms with Crippen molar-refractivity contribution < 1.29 is 9.53 Å². The number of nitrogens with zero attached hydrogens (tertiary/aromatic N) is 1. The Balaban J connectivity index is 2.66. The fourth-order valence-electron chi connectivity index (χ4n) is 1.64. The van der Waals surface area contributed by atoms with Gasteiger partial charge in [-0.2, -0.15) is 0 Å². The predicted molar refractivity (Wildman–Crippen MR) is 70.5 cm³/mol. The van der Waals surface area contributed by atoms with Gasteiger partial charge in [-0.3, -0.25) is 4.79 Å². The number of carbonyl (C=O) groups is 1. The fourth-order valence-corrected chi connectivity index (χ4v) is 2.86. The van der Waals surface area contributed by atoms with E-state index in [-0.39, 0.29) is 11.4 Å². The van der Waals surface area contributed by atoms with Gasteiger partial charge in [-0.05, 0) is 19.4 Å². The largest absolute Gasteiger partial charge is 0.462 e. The van der Waals surface area contributed by atoms with Crippen LogP contribution in [-0.4, -0.2) is 22.5 Å². The number of rotatable bonds is 3. The maximum atomic E-state index is 11.9. The maximum absolute atomic E-state index is 11.9. The molecule has 0 aliphatic heterocycles. The van der Waals surface area contributed by atoms with Gasteiger partial charge in [-0.1, -0.05) is 0 Å². The monoisotopic (exact) mass is 286 g/mol. The molecule has 0 aliphatic rings. The zero-order valence-corrected chi connectivity index (χ0v) is 11.4. The van der Waals surface area contributed by atoms with Crippen LogP contribution in [0, 0.1) is 6.92 Å². The molecular weight excluding hydrogens is 276 g/mol. The van der Waals surface area contributed by atoms with Gasteiger partial charge < -0.3 is 9.72 Å². The number of nitrogens with one attached hydrogen (secondary N) is 1. The molecule has 0 unspecified atom stereocenters. The summed E-state index contributed by atoms with van der Waals surface area (Å²) in [4.78, 5) is 31.3. The highest BCUT2D eigenvalue weighted by Crippen LogP contribution is 2.27. The number of aryl methyl sites for hydroxylation is 1. The summed E-state index contributed by atoms with van der Waals surface area (Å²) in [6.45, 7) is 3.74. The number of esters is 1. The first kappa shape index (κ1) is 13.0. The van der Waals surface area contributed by atoms with E-state index >= 15 is 0 Å². The number of H-pyrrole nitrogens is 1. The van der Waals surface area contributed by atoms with Crippen LogP contribution in [0.4, 0.5) is 0 Å². The normalized spacial score (nSPS) is 10.8. The van der Waals surface area contributed by atoms with E-state index in [9.17, 15) is 9.59 Å². The molecule has 2 heterocycles. The van der Waals surface area contributed by atoms with Crippen LogP contribution in [0.15, 0.2) is 4.79 Å². The van der Waals surface area contributed by atoms with Crippen molar-refractivity contribution in [1.82, 2.24) is 9.97 Å². The number of hydrogen-bond acceptors (Lipinski definition) is 5. The summed E-state index contributed by atoms with van der Waals surface area (Å²) in [5.41, 5.74) is 0.322. The van der Waals surface area contributed by atoms with Crippen molar-refractivity contribution in [3.05, 3.63) is 26.6 Å². The minimum Gasteiger partial charge on any atom is -0.462 e. The molecule has 0 amide bonds. The molecule has 0 spiro atoms. The van der Waals surface area contributed by atoms with Crippen LogP contribution < -0.4 is 5.56 Å². The Morgan fingerprint density at radius 3 is 2.89 bits per heavy atom. The molecule has 0 radical (unpaired) electrons. The average Bonchev–Trinajstić information content (AvgIpc) is 2.67. The highest BCUT2D eigenvalue weighted by molar-refractivity contribution is 7.20. The summed E-state index contributed by atoms with van der Waals surface area (Å²) in [5, 5.41) is 0.428. The molecular formula is C11H11ClN2O3S. The Kier molecular flexibility index (Phi) is 3.68. The first-order valence-electron chi connectivity index (χ1n) is 5.33. The van der Waals surface area contributed by atoms with E-state index in [4.69, 9.17) is 16.3 Å². The van der Waals surface area contributed by atoms with E-state index < -0.39 is 5.97 Å². The third-order valence-electron chi connectivity index (χ3n) is 2.44. The van der Waals surface area contributed by atoms with Crippen molar-refractivity contribution in [2.45, 2.75) is 19.7 Å². The number of alkyl halides is 1. The summed E-state index contributed by atoms with van der Waals surface area (Å²) in [7, 11) is 0. The highest BCUT2D eigenvalue weighted by Gasteiger charge is 2.19. The minimum absolute atomic E-state index is 0.122. The van der Waals surface area contributed by atoms with Crippen molar-refractivity contribution in [2.75, 3.05) is 6.61 Å². The van der Waals surface area contributed by atoms with Gasteiger partial charge in [0.15, 0.2) is 0 Å². The summed E-state index contributed by atoms with van der Waals surface area (Å²) in [6.07, 6.45) is 0. The molecule has 0 aromatic carbocycles. The number of aromatic nitrogens is 2. The summed E-state index contributed by atoms with van der Waals surface area (Å²) < 4.78 is 4.94. The van der Waals surface area contributed by atoms with Crippen molar-refractivity contribution in [1.29, 1.82) is 0 Å². The van der Waals surface area contributed by atoms with Crippen LogP contribution in [0.1, 0.15) is 28.0 Å². The number of ether oxygens (including phenoxy) is 1. The molecule has 2 rings (SSSR count). The van der Waals surface area contributed by atoms with Crippen molar-refractivity contribution in [2.24, 2.45) is 0 Å². The van der Waals surface area contributed by atoms with Gasteiger partial charge in [0.05, 0.1) is 17.9 Å². The molecule has 1 N–H and O–H groups in total. The van der Waals surface area contributed by atoms with E-state index in [2.05, 4.69) is 9.97 Å². The lowest BCUT2D eigenvalue weighted by atomic mass is 10.2. The van der Waals surface area contributed by atoms with Crippen LogP contribution in [0.2, 0.25) is 0 Å². The van der Waals surface area contributed by atoms with Gasteiger partial charge in [-0.15, -0.1) is 22.9 Å². The SMILES string of the molecule is CCOC(=O)c1sc2nc(CCl)[nH]c(=O)c2c1C. The molecule has 0 saturated carbocycles. The van der Waals surface area contributed by atoms with Crippen LogP contribution in [-0.2, 0) is 10.6 Å². The molecule has 0 fully saturated rings. The lowest BCUT2D eigenvalue weighted by Crippen LogP contribution is -2.11. The smallest absolute Gasteiger partial charge is 0.348 e. The highest BCUT2D eigenvalue weighted by atomic mass is 35.5. The van der Waals surface area contributed by atoms with E-state index in [1.807, 2.05) is 0 Å². The number of aromatic amines is 1. The molecule has 0 atom stereocenters. The summed E-state index contributed by atoms with van der Waals surface area (Å²) in [5.74, 6) is 0.0901. The molecule has 2 aromatic heterocycles. The van der Waals surface area contributed by atoms with Crippen molar-refractivity contribution in [3.8, 4) is 0 Å². The third kappa shape index (κ3) is 2.13. The average molecular weight is 287 g/mol. The van der Waals surface area contributed by atoms with E-state index in [0.29, 0.717) is 33.1 Å².